The van der Waals surface area contributed by atoms with Crippen LogP contribution in [0.15, 0.2) is 48.5 Å². The van der Waals surface area contributed by atoms with E-state index in [0.29, 0.717) is 13.0 Å². The molecule has 7 nitrogen and oxygen atoms in total. The molecule has 0 saturated heterocycles. The highest BCUT2D eigenvalue weighted by Crippen LogP contribution is 2.33. The van der Waals surface area contributed by atoms with Crippen molar-refractivity contribution in [3.05, 3.63) is 70.8 Å². The van der Waals surface area contributed by atoms with Gasteiger partial charge >= 0.3 is 6.09 Å². The Morgan fingerprint density at radius 3 is 2.05 bits per heavy atom. The van der Waals surface area contributed by atoms with Gasteiger partial charge in [-0.1, -0.05) is 69.3 Å². The molecule has 39 heavy (non-hydrogen) atoms. The number of nitrogens with one attached hydrogen (secondary N) is 2. The number of amides is 3. The predicted octanol–water partition coefficient (Wildman–Crippen LogP) is 6.23. The second kappa shape index (κ2) is 13.1. The molecule has 7 heteroatoms. The highest BCUT2D eigenvalue weighted by molar-refractivity contribution is 5.93. The molecule has 2 N–H and O–H groups in total. The van der Waals surface area contributed by atoms with E-state index in [-0.39, 0.29) is 17.7 Å². The van der Waals surface area contributed by atoms with Crippen molar-refractivity contribution in [1.29, 1.82) is 0 Å². The Balaban J connectivity index is 2.59. The fourth-order valence-electron chi connectivity index (χ4n) is 4.28. The first kappa shape index (κ1) is 31.9. The number of alkyl carbamates (subject to hydrolysis) is 1. The van der Waals surface area contributed by atoms with E-state index in [0.717, 1.165) is 22.3 Å². The molecule has 0 aromatic heterocycles. The van der Waals surface area contributed by atoms with Crippen molar-refractivity contribution in [2.24, 2.45) is 5.92 Å². The summed E-state index contributed by atoms with van der Waals surface area (Å²) in [5.41, 5.74) is 2.40. The summed E-state index contributed by atoms with van der Waals surface area (Å²) in [6, 6.07) is 13.7. The van der Waals surface area contributed by atoms with Crippen LogP contribution in [0.3, 0.4) is 0 Å². The maximum absolute atomic E-state index is 14.4. The molecule has 2 rings (SSSR count). The quantitative estimate of drug-likeness (QED) is 0.376. The van der Waals surface area contributed by atoms with Crippen LogP contribution in [0.1, 0.15) is 90.1 Å². The Kier molecular flexibility index (Phi) is 10.7. The van der Waals surface area contributed by atoms with E-state index in [1.54, 1.807) is 25.7 Å². The van der Waals surface area contributed by atoms with Crippen LogP contribution in [-0.2, 0) is 20.9 Å². The van der Waals surface area contributed by atoms with Gasteiger partial charge < -0.3 is 20.3 Å². The SMILES string of the molecule is CCC(C)(C)N(C(=O)C(NC(=O)OC(C)(C)C)C(C)C)C(C(=O)NCc1ccccc1)c1ccc(C)c(C)c1. The molecule has 2 atom stereocenters. The van der Waals surface area contributed by atoms with E-state index in [4.69, 9.17) is 4.74 Å². The molecule has 2 unspecified atom stereocenters. The van der Waals surface area contributed by atoms with Crippen molar-refractivity contribution >= 4 is 17.9 Å². The summed E-state index contributed by atoms with van der Waals surface area (Å²) in [7, 11) is 0. The summed E-state index contributed by atoms with van der Waals surface area (Å²) in [6.07, 6.45) is -0.0661. The Labute approximate surface area is 234 Å². The van der Waals surface area contributed by atoms with Crippen LogP contribution >= 0.6 is 0 Å². The van der Waals surface area contributed by atoms with Crippen LogP contribution in [0.2, 0.25) is 0 Å². The molecule has 2 aromatic rings. The first-order valence-electron chi connectivity index (χ1n) is 13.8. The van der Waals surface area contributed by atoms with Gasteiger partial charge in [-0.2, -0.15) is 0 Å². The lowest BCUT2D eigenvalue weighted by molar-refractivity contribution is -0.150. The number of rotatable bonds is 10. The number of nitrogens with zero attached hydrogens (tertiary/aromatic N) is 1. The largest absolute Gasteiger partial charge is 0.444 e. The van der Waals surface area contributed by atoms with Crippen LogP contribution in [0.4, 0.5) is 4.79 Å². The minimum absolute atomic E-state index is 0.243. The zero-order valence-corrected chi connectivity index (χ0v) is 25.3. The number of hydrogen-bond acceptors (Lipinski definition) is 4. The normalized spacial score (nSPS) is 13.4. The molecule has 0 aliphatic carbocycles. The third-order valence-electron chi connectivity index (χ3n) is 7.02. The zero-order chi connectivity index (χ0) is 29.5. The summed E-state index contributed by atoms with van der Waals surface area (Å²) in [4.78, 5) is 42.8. The zero-order valence-electron chi connectivity index (χ0n) is 25.3. The average Bonchev–Trinajstić information content (AvgIpc) is 2.85. The molecule has 0 radical (unpaired) electrons. The van der Waals surface area contributed by atoms with Crippen LogP contribution < -0.4 is 10.6 Å². The highest BCUT2D eigenvalue weighted by Gasteiger charge is 2.43. The molecular formula is C32H47N3O4. The van der Waals surface area contributed by atoms with Crippen LogP contribution in [0, 0.1) is 19.8 Å². The van der Waals surface area contributed by atoms with Gasteiger partial charge in [0.25, 0.3) is 0 Å². The Hall–Kier alpha value is -3.35. The molecule has 0 bridgehead atoms. The van der Waals surface area contributed by atoms with Crippen LogP contribution in [-0.4, -0.2) is 40.0 Å². The number of benzene rings is 2. The van der Waals surface area contributed by atoms with E-state index in [9.17, 15) is 14.4 Å². The van der Waals surface area contributed by atoms with Crippen LogP contribution in [0.25, 0.3) is 0 Å². The standard InChI is InChI=1S/C32H47N3O4/c1-11-32(9,10)35(29(37)26(21(2)3)34-30(38)39-31(6,7)8)27(25-18-17-22(4)23(5)19-25)28(36)33-20-24-15-13-12-14-16-24/h12-19,21,26-27H,11,20H2,1-10H3,(H,33,36)(H,34,38). The number of aryl methyl sites for hydroxylation is 2. The van der Waals surface area contributed by atoms with Crippen molar-refractivity contribution in [2.75, 3.05) is 0 Å². The molecule has 3 amide bonds. The molecular weight excluding hydrogens is 490 g/mol. The number of carbonyl (C=O) groups is 3. The summed E-state index contributed by atoms with van der Waals surface area (Å²) >= 11 is 0. The Bertz CT molecular complexity index is 1140. The summed E-state index contributed by atoms with van der Waals surface area (Å²) in [6.45, 7) is 19.3. The van der Waals surface area contributed by atoms with E-state index < -0.39 is 29.3 Å². The van der Waals surface area contributed by atoms with Gasteiger partial charge in [0.15, 0.2) is 0 Å². The molecule has 0 aliphatic heterocycles. The van der Waals surface area contributed by atoms with Gasteiger partial charge in [-0.15, -0.1) is 0 Å². The van der Waals surface area contributed by atoms with E-state index in [2.05, 4.69) is 10.6 Å². The van der Waals surface area contributed by atoms with Gasteiger partial charge in [0.1, 0.15) is 17.7 Å². The third kappa shape index (κ3) is 8.84. The molecule has 0 fully saturated rings. The second-order valence-electron chi connectivity index (χ2n) is 12.2. The third-order valence-corrected chi connectivity index (χ3v) is 7.02. The molecule has 0 saturated carbocycles. The van der Waals surface area contributed by atoms with E-state index in [1.165, 1.54) is 0 Å². The first-order valence-corrected chi connectivity index (χ1v) is 13.8. The van der Waals surface area contributed by atoms with Crippen molar-refractivity contribution in [3.8, 4) is 0 Å². The monoisotopic (exact) mass is 537 g/mol. The fraction of sp³-hybridized carbons (Fsp3) is 0.531. The second-order valence-corrected chi connectivity index (χ2v) is 12.2. The molecule has 0 heterocycles. The number of carbonyl (C=O) groups excluding carboxylic acids is 3. The van der Waals surface area contributed by atoms with Gasteiger partial charge in [0.2, 0.25) is 11.8 Å². The highest BCUT2D eigenvalue weighted by atomic mass is 16.6. The predicted molar refractivity (Wildman–Crippen MR) is 156 cm³/mol. The van der Waals surface area contributed by atoms with Gasteiger partial charge in [-0.05, 0) is 83.1 Å². The van der Waals surface area contributed by atoms with Crippen molar-refractivity contribution in [3.63, 3.8) is 0 Å². The van der Waals surface area contributed by atoms with E-state index >= 15 is 0 Å². The van der Waals surface area contributed by atoms with Crippen molar-refractivity contribution in [2.45, 2.75) is 105 Å². The van der Waals surface area contributed by atoms with Crippen LogP contribution in [0.5, 0.6) is 0 Å². The summed E-state index contributed by atoms with van der Waals surface area (Å²) in [5, 5.41) is 5.85. The van der Waals surface area contributed by atoms with Gasteiger partial charge in [-0.3, -0.25) is 9.59 Å². The molecule has 214 valence electrons. The maximum Gasteiger partial charge on any atom is 0.408 e. The van der Waals surface area contributed by atoms with Gasteiger partial charge in [0.05, 0.1) is 0 Å². The fourth-order valence-corrected chi connectivity index (χ4v) is 4.28. The molecule has 0 spiro atoms. The molecule has 2 aromatic carbocycles. The molecule has 0 aliphatic rings. The Morgan fingerprint density at radius 1 is 0.923 bits per heavy atom. The van der Waals surface area contributed by atoms with Crippen molar-refractivity contribution in [1.82, 2.24) is 15.5 Å². The van der Waals surface area contributed by atoms with Gasteiger partial charge in [0, 0.05) is 12.1 Å². The van der Waals surface area contributed by atoms with Crippen molar-refractivity contribution < 1.29 is 19.1 Å². The lowest BCUT2D eigenvalue weighted by atomic mass is 9.89. The summed E-state index contributed by atoms with van der Waals surface area (Å²) < 4.78 is 5.47. The minimum atomic E-state index is -0.905. The smallest absolute Gasteiger partial charge is 0.408 e. The minimum Gasteiger partial charge on any atom is -0.444 e. The van der Waals surface area contributed by atoms with Gasteiger partial charge in [-0.25, -0.2) is 4.79 Å². The first-order chi connectivity index (χ1) is 18.1. The van der Waals surface area contributed by atoms with E-state index in [1.807, 2.05) is 97.0 Å². The topological polar surface area (TPSA) is 87.7 Å². The lowest BCUT2D eigenvalue weighted by Gasteiger charge is -2.45. The summed E-state index contributed by atoms with van der Waals surface area (Å²) in [5.74, 6) is -0.856. The lowest BCUT2D eigenvalue weighted by Crippen LogP contribution is -2.60. The number of hydrogen-bond donors (Lipinski definition) is 2. The number of ether oxygens (including phenoxy) is 1. The maximum atomic E-state index is 14.4. The average molecular weight is 538 g/mol. The Morgan fingerprint density at radius 2 is 1.54 bits per heavy atom.